The average molecular weight is 603 g/mol. The number of benzene rings is 3. The Bertz CT molecular complexity index is 1110. The van der Waals surface area contributed by atoms with Crippen molar-refractivity contribution >= 4 is 42.3 Å². The summed E-state index contributed by atoms with van der Waals surface area (Å²) in [6.07, 6.45) is 2.77. The first-order valence-electron chi connectivity index (χ1n) is 11.3. The zero-order valence-electron chi connectivity index (χ0n) is 19.4. The van der Waals surface area contributed by atoms with Crippen LogP contribution in [-0.2, 0) is 19.6 Å². The number of esters is 1. The predicted molar refractivity (Wildman–Crippen MR) is 141 cm³/mol. The first-order chi connectivity index (χ1) is 17.3. The Hall–Kier alpha value is -2.27. The summed E-state index contributed by atoms with van der Waals surface area (Å²) in [7, 11) is -8.76. The van der Waals surface area contributed by atoms with Crippen LogP contribution in [0.5, 0.6) is 0 Å². The van der Waals surface area contributed by atoms with Crippen LogP contribution in [0.3, 0.4) is 0 Å². The molecule has 0 fully saturated rings. The highest BCUT2D eigenvalue weighted by atomic mass is 79.9. The molecule has 10 heteroatoms. The molecular weight excluding hydrogens is 574 g/mol. The van der Waals surface area contributed by atoms with E-state index in [1.165, 1.54) is 0 Å². The second-order valence-electron chi connectivity index (χ2n) is 7.82. The summed E-state index contributed by atoms with van der Waals surface area (Å²) in [5, 5.41) is -4.03. The fourth-order valence-corrected chi connectivity index (χ4v) is 9.21. The second kappa shape index (κ2) is 12.8. The average Bonchev–Trinajstić information content (AvgIpc) is 2.90. The van der Waals surface area contributed by atoms with Crippen LogP contribution in [0, 0.1) is 0 Å². The van der Waals surface area contributed by atoms with Crippen molar-refractivity contribution in [2.75, 3.05) is 11.9 Å². The van der Waals surface area contributed by atoms with Crippen molar-refractivity contribution in [2.24, 2.45) is 0 Å². The maximum absolute atomic E-state index is 15.2. The van der Waals surface area contributed by atoms with Gasteiger partial charge in [0.25, 0.3) is 0 Å². The van der Waals surface area contributed by atoms with E-state index in [2.05, 4.69) is 24.3 Å². The summed E-state index contributed by atoms with van der Waals surface area (Å²) < 4.78 is 65.3. The molecular formula is C26H28BrF2O5S2+. The van der Waals surface area contributed by atoms with Crippen LogP contribution >= 0.6 is 26.2 Å². The van der Waals surface area contributed by atoms with E-state index in [9.17, 15) is 13.2 Å². The van der Waals surface area contributed by atoms with Crippen LogP contribution in [-0.4, -0.2) is 35.2 Å². The zero-order valence-corrected chi connectivity index (χ0v) is 22.7. The van der Waals surface area contributed by atoms with Gasteiger partial charge < -0.3 is 4.74 Å². The molecule has 3 aromatic rings. The SMILES string of the molecule is O=C(OCCCCCCBr)C(F)(F)S(=O)(=O)[OH+]S(c1ccccc1)(c1ccccc1)c1ccccc1. The molecule has 1 N–H and O–H groups in total. The molecule has 0 spiro atoms. The Balaban J connectivity index is 2.01. The predicted octanol–water partition coefficient (Wildman–Crippen LogP) is 7.40. The molecule has 3 rings (SSSR count). The van der Waals surface area contributed by atoms with Crippen molar-refractivity contribution in [3.63, 3.8) is 0 Å². The lowest BCUT2D eigenvalue weighted by Crippen LogP contribution is -2.42. The third kappa shape index (κ3) is 6.34. The number of hydrogen-bond acceptors (Lipinski definition) is 4. The minimum absolute atomic E-state index is 0.291. The number of ether oxygens (including phenoxy) is 1. The minimum Gasteiger partial charge on any atom is -0.460 e. The van der Waals surface area contributed by atoms with Crippen molar-refractivity contribution in [1.82, 2.24) is 0 Å². The molecule has 0 atom stereocenters. The van der Waals surface area contributed by atoms with E-state index in [0.29, 0.717) is 27.5 Å². The largest absolute Gasteiger partial charge is 0.514 e. The fourth-order valence-electron chi connectivity index (χ4n) is 3.49. The molecule has 5 nitrogen and oxygen atoms in total. The van der Waals surface area contributed by atoms with Crippen molar-refractivity contribution in [3.8, 4) is 0 Å². The molecule has 0 aliphatic carbocycles. The zero-order chi connectivity index (χ0) is 26.1. The van der Waals surface area contributed by atoms with Crippen LogP contribution in [0.2, 0.25) is 0 Å². The molecule has 0 saturated heterocycles. The van der Waals surface area contributed by atoms with E-state index in [4.69, 9.17) is 0 Å². The summed E-state index contributed by atoms with van der Waals surface area (Å²) in [5.41, 5.74) is 0. The molecule has 36 heavy (non-hydrogen) atoms. The van der Waals surface area contributed by atoms with Crippen LogP contribution in [0.1, 0.15) is 25.7 Å². The topological polar surface area (TPSA) is 73.2 Å². The number of carbonyl (C=O) groups excluding carboxylic acids is 1. The molecule has 0 radical (unpaired) electrons. The van der Waals surface area contributed by atoms with Gasteiger partial charge in [0.2, 0.25) is 0 Å². The highest BCUT2D eigenvalue weighted by Gasteiger charge is 2.63. The number of halogens is 3. The van der Waals surface area contributed by atoms with Crippen LogP contribution in [0.4, 0.5) is 8.78 Å². The molecule has 0 unspecified atom stereocenters. The van der Waals surface area contributed by atoms with Gasteiger partial charge in [0.1, 0.15) is 0 Å². The number of hydrogen-bond donors (Lipinski definition) is 0. The first kappa shape index (κ1) is 28.3. The lowest BCUT2D eigenvalue weighted by Gasteiger charge is -2.35. The molecule has 0 saturated carbocycles. The normalized spacial score (nSPS) is 12.8. The molecule has 194 valence electrons. The minimum atomic E-state index is -5.66. The van der Waals surface area contributed by atoms with Crippen molar-refractivity contribution in [2.45, 2.75) is 45.6 Å². The lowest BCUT2D eigenvalue weighted by atomic mass is 10.2. The monoisotopic (exact) mass is 601 g/mol. The Morgan fingerprint density at radius 2 is 1.17 bits per heavy atom. The summed E-state index contributed by atoms with van der Waals surface area (Å²) >= 11 is 3.30. The molecule has 3 aromatic carbocycles. The van der Waals surface area contributed by atoms with E-state index in [0.717, 1.165) is 18.2 Å². The highest BCUT2D eigenvalue weighted by molar-refractivity contribution is 9.09. The van der Waals surface area contributed by atoms with Crippen molar-refractivity contribution in [1.29, 1.82) is 0 Å². The molecule has 0 bridgehead atoms. The van der Waals surface area contributed by atoms with Crippen molar-refractivity contribution < 1.29 is 30.4 Å². The standard InChI is InChI=1S/C26H27BrF2O5S2/c27-20-12-1-2-13-21-33-25(30)26(28,29)36(31,32)34-35(22-14-6-3-7-15-22,23-16-8-4-9-17-23)24-18-10-5-11-19-24/h3-11,14-19H,1-2,12-13,20-21H2/p+1. The number of rotatable bonds is 13. The summed E-state index contributed by atoms with van der Waals surface area (Å²) in [5.74, 6) is -2.12. The third-order valence-corrected chi connectivity index (χ3v) is 11.2. The van der Waals surface area contributed by atoms with E-state index < -0.39 is 31.7 Å². The molecule has 0 aromatic heterocycles. The van der Waals surface area contributed by atoms with Gasteiger partial charge in [-0.05, 0) is 49.2 Å². The highest BCUT2D eigenvalue weighted by Crippen LogP contribution is 2.68. The smallest absolute Gasteiger partial charge is 0.460 e. The Morgan fingerprint density at radius 3 is 1.58 bits per heavy atom. The molecule has 0 aliphatic rings. The number of alkyl halides is 3. The maximum Gasteiger partial charge on any atom is 0.514 e. The van der Waals surface area contributed by atoms with Gasteiger partial charge in [-0.3, -0.25) is 3.63 Å². The van der Waals surface area contributed by atoms with Crippen LogP contribution < -0.4 is 0 Å². The molecule has 0 aliphatic heterocycles. The first-order valence-corrected chi connectivity index (χ1v) is 15.5. The van der Waals surface area contributed by atoms with Gasteiger partial charge in [-0.1, -0.05) is 83.4 Å². The second-order valence-corrected chi connectivity index (χ2v) is 13.3. The van der Waals surface area contributed by atoms with Gasteiger partial charge in [0.05, 0.1) is 31.6 Å². The van der Waals surface area contributed by atoms with Crippen molar-refractivity contribution in [3.05, 3.63) is 91.0 Å². The van der Waals surface area contributed by atoms with Crippen LogP contribution in [0.15, 0.2) is 106 Å². The van der Waals surface area contributed by atoms with Gasteiger partial charge in [-0.15, -0.1) is 8.42 Å². The molecule has 0 amide bonds. The van der Waals surface area contributed by atoms with E-state index in [-0.39, 0.29) is 6.61 Å². The quantitative estimate of drug-likeness (QED) is 0.0672. The number of unbranched alkanes of at least 4 members (excludes halogenated alkanes) is 3. The third-order valence-electron chi connectivity index (χ3n) is 5.29. The number of carbonyl (C=O) groups is 1. The maximum atomic E-state index is 15.2. The Morgan fingerprint density at radius 1 is 0.750 bits per heavy atom. The summed E-state index contributed by atoms with van der Waals surface area (Å²) in [6.45, 7) is -0.291. The van der Waals surface area contributed by atoms with E-state index >= 15 is 8.78 Å². The van der Waals surface area contributed by atoms with Gasteiger partial charge in [0, 0.05) is 5.33 Å². The van der Waals surface area contributed by atoms with Crippen LogP contribution in [0.25, 0.3) is 0 Å². The Labute approximate surface area is 220 Å². The fraction of sp³-hybridized carbons (Fsp3) is 0.269. The van der Waals surface area contributed by atoms with Gasteiger partial charge >= 0.3 is 21.3 Å². The molecule has 0 heterocycles. The summed E-state index contributed by atoms with van der Waals surface area (Å²) in [6, 6.07) is 25.2. The van der Waals surface area contributed by atoms with Gasteiger partial charge in [-0.2, -0.15) is 8.78 Å². The lowest BCUT2D eigenvalue weighted by molar-refractivity contribution is -0.161. The Kier molecular flexibility index (Phi) is 10.1. The van der Waals surface area contributed by atoms with E-state index in [1.54, 1.807) is 91.0 Å². The van der Waals surface area contributed by atoms with Gasteiger partial charge in [-0.25, -0.2) is 4.79 Å². The van der Waals surface area contributed by atoms with Gasteiger partial charge in [0.15, 0.2) is 0 Å². The van der Waals surface area contributed by atoms with E-state index in [1.807, 2.05) is 0 Å². The summed E-state index contributed by atoms with van der Waals surface area (Å²) in [4.78, 5) is 13.6.